The minimum atomic E-state index is -1.62. The lowest BCUT2D eigenvalue weighted by Crippen LogP contribution is -2.61. The second-order valence-corrected chi connectivity index (χ2v) is 21.8. The highest BCUT2D eigenvalue weighted by atomic mass is 16.7. The van der Waals surface area contributed by atoms with Crippen LogP contribution < -0.4 is 5.32 Å². The molecule has 0 saturated carbocycles. The fraction of sp³-hybridized carbons (Fsp3) is 0.788. The van der Waals surface area contributed by atoms with Crippen LogP contribution in [-0.2, 0) is 23.8 Å². The number of esters is 1. The van der Waals surface area contributed by atoms with E-state index in [-0.39, 0.29) is 19.4 Å². The first-order valence-electron chi connectivity index (χ1n) is 31.7. The van der Waals surface area contributed by atoms with Crippen LogP contribution in [0.2, 0.25) is 0 Å². The van der Waals surface area contributed by atoms with E-state index >= 15 is 0 Å². The summed E-state index contributed by atoms with van der Waals surface area (Å²) in [5, 5.41) is 56.9. The van der Waals surface area contributed by atoms with E-state index in [1.165, 1.54) is 122 Å². The molecule has 0 radical (unpaired) electrons. The van der Waals surface area contributed by atoms with Crippen molar-refractivity contribution < 1.29 is 49.3 Å². The molecule has 11 heteroatoms. The lowest BCUT2D eigenvalue weighted by Gasteiger charge is -2.41. The van der Waals surface area contributed by atoms with Crippen molar-refractivity contribution >= 4 is 11.9 Å². The molecule has 0 bridgehead atoms. The summed E-state index contributed by atoms with van der Waals surface area (Å²) in [6, 6.07) is -1.03. The summed E-state index contributed by atoms with van der Waals surface area (Å²) in [6.45, 7) is 5.71. The van der Waals surface area contributed by atoms with Gasteiger partial charge in [-0.3, -0.25) is 9.59 Å². The number of rotatable bonds is 53. The van der Waals surface area contributed by atoms with E-state index in [0.717, 1.165) is 103 Å². The molecular formula is C66H117NO10. The predicted octanol–water partition coefficient (Wildman–Crippen LogP) is 15.2. The zero-order chi connectivity index (χ0) is 56.1. The summed E-state index contributed by atoms with van der Waals surface area (Å²) in [5.41, 5.74) is 0. The zero-order valence-corrected chi connectivity index (χ0v) is 49.3. The van der Waals surface area contributed by atoms with Crippen molar-refractivity contribution in [2.75, 3.05) is 13.2 Å². The first kappa shape index (κ1) is 72.1. The molecule has 1 fully saturated rings. The molecule has 8 atom stereocenters. The first-order valence-corrected chi connectivity index (χ1v) is 31.7. The van der Waals surface area contributed by atoms with E-state index in [2.05, 4.69) is 86.8 Å². The maximum atomic E-state index is 13.4. The zero-order valence-electron chi connectivity index (χ0n) is 49.3. The van der Waals surface area contributed by atoms with Gasteiger partial charge in [0, 0.05) is 6.42 Å². The second-order valence-electron chi connectivity index (χ2n) is 21.8. The van der Waals surface area contributed by atoms with Crippen LogP contribution in [-0.4, -0.2) is 99.6 Å². The third-order valence-corrected chi connectivity index (χ3v) is 14.6. The van der Waals surface area contributed by atoms with E-state index < -0.39 is 67.4 Å². The topological polar surface area (TPSA) is 175 Å². The van der Waals surface area contributed by atoms with Gasteiger partial charge in [0.25, 0.3) is 0 Å². The summed E-state index contributed by atoms with van der Waals surface area (Å²) in [5.74, 6) is -1.21. The number of hydrogen-bond donors (Lipinski definition) is 6. The molecule has 0 aromatic heterocycles. The van der Waals surface area contributed by atoms with Gasteiger partial charge in [0.2, 0.25) is 5.91 Å². The van der Waals surface area contributed by atoms with E-state index in [1.54, 1.807) is 6.08 Å². The fourth-order valence-electron chi connectivity index (χ4n) is 9.50. The van der Waals surface area contributed by atoms with Gasteiger partial charge in [0.1, 0.15) is 24.4 Å². The summed E-state index contributed by atoms with van der Waals surface area (Å²) < 4.78 is 17.6. The summed E-state index contributed by atoms with van der Waals surface area (Å²) >= 11 is 0. The molecule has 0 aliphatic carbocycles. The van der Waals surface area contributed by atoms with Gasteiger partial charge < -0.3 is 45.1 Å². The quantitative estimate of drug-likeness (QED) is 0.0195. The smallest absolute Gasteiger partial charge is 0.306 e. The molecule has 1 amide bonds. The Bertz CT molecular complexity index is 1530. The average molecular weight is 1080 g/mol. The summed E-state index contributed by atoms with van der Waals surface area (Å²) in [4.78, 5) is 26.5. The number of aliphatic hydroxyl groups is 5. The average Bonchev–Trinajstić information content (AvgIpc) is 3.44. The number of carbonyl (C=O) groups is 2. The monoisotopic (exact) mass is 1080 g/mol. The highest BCUT2D eigenvalue weighted by molar-refractivity contribution is 5.80. The molecule has 0 spiro atoms. The van der Waals surface area contributed by atoms with Crippen molar-refractivity contribution in [3.63, 3.8) is 0 Å². The van der Waals surface area contributed by atoms with Crippen LogP contribution in [0, 0.1) is 0 Å². The number of unbranched alkanes of at least 4 members (excludes halogenated alkanes) is 29. The van der Waals surface area contributed by atoms with Gasteiger partial charge in [-0.05, 0) is 89.9 Å². The summed E-state index contributed by atoms with van der Waals surface area (Å²) in [7, 11) is 0. The second kappa shape index (κ2) is 53.7. The molecule has 1 aliphatic heterocycles. The Labute approximate surface area is 471 Å². The number of ether oxygens (including phenoxy) is 3. The van der Waals surface area contributed by atoms with Crippen LogP contribution in [0.1, 0.15) is 271 Å². The van der Waals surface area contributed by atoms with Crippen molar-refractivity contribution in [2.24, 2.45) is 0 Å². The molecule has 1 heterocycles. The molecule has 6 N–H and O–H groups in total. The van der Waals surface area contributed by atoms with Gasteiger partial charge in [-0.2, -0.15) is 0 Å². The van der Waals surface area contributed by atoms with Crippen molar-refractivity contribution in [3.05, 3.63) is 72.9 Å². The van der Waals surface area contributed by atoms with E-state index in [1.807, 2.05) is 6.08 Å². The first-order chi connectivity index (χ1) is 37.7. The van der Waals surface area contributed by atoms with E-state index in [9.17, 15) is 35.1 Å². The Morgan fingerprint density at radius 1 is 0.506 bits per heavy atom. The molecule has 1 rings (SSSR count). The van der Waals surface area contributed by atoms with Gasteiger partial charge in [-0.25, -0.2) is 0 Å². The van der Waals surface area contributed by atoms with E-state index in [0.29, 0.717) is 12.8 Å². The Hall–Kier alpha value is -2.90. The van der Waals surface area contributed by atoms with Crippen LogP contribution in [0.4, 0.5) is 0 Å². The standard InChI is InChI=1S/C66H117NO10/c1-4-7-10-13-16-19-22-24-25-26-27-28-29-30-31-32-33-34-36-39-41-44-47-50-53-59(70)65(74)67-57(58(69)52-49-46-43-40-38-35-23-20-17-14-11-8-5-2)56-75-66-64(63(73)62(72)60(55-68)76-66)77-61(71)54-51-48-45-42-37-21-18-15-12-9-6-3/h15-16,18-19,24-25,27-28,30-31,49,52,57-60,62-64,66,68-70,72-73H,4-14,17,20-23,26,29,32-48,50-51,53-56H2,1-3H3,(H,67,74)/b18-15-,19-16-,25-24-,28-27-,31-30-,52-49+. The molecule has 1 aliphatic rings. The molecule has 77 heavy (non-hydrogen) atoms. The van der Waals surface area contributed by atoms with Crippen LogP contribution >= 0.6 is 0 Å². The van der Waals surface area contributed by atoms with Gasteiger partial charge in [-0.1, -0.05) is 248 Å². The number of nitrogens with one attached hydrogen (secondary N) is 1. The van der Waals surface area contributed by atoms with Crippen LogP contribution in [0.25, 0.3) is 0 Å². The van der Waals surface area contributed by atoms with E-state index in [4.69, 9.17) is 14.2 Å². The lowest BCUT2D eigenvalue weighted by atomic mass is 9.99. The number of hydrogen-bond acceptors (Lipinski definition) is 10. The Balaban J connectivity index is 2.64. The SMILES string of the molecule is CCCC/C=C\CCCCCCCC(=O)OC1C(OCC(NC(=O)C(O)CCCCCCCCCC/C=C\C/C=C\C/C=C\C/C=C\CCCCC)C(O)/C=C/CCCCCCCCCCCCC)OC(CO)C(O)C1O. The van der Waals surface area contributed by atoms with Crippen LogP contribution in [0.3, 0.4) is 0 Å². The van der Waals surface area contributed by atoms with Crippen molar-refractivity contribution in [1.82, 2.24) is 5.32 Å². The highest BCUT2D eigenvalue weighted by Crippen LogP contribution is 2.26. The number of aliphatic hydroxyl groups excluding tert-OH is 5. The molecule has 8 unspecified atom stereocenters. The van der Waals surface area contributed by atoms with Gasteiger partial charge in [-0.15, -0.1) is 0 Å². The lowest BCUT2D eigenvalue weighted by molar-refractivity contribution is -0.305. The maximum absolute atomic E-state index is 13.4. The molecule has 1 saturated heterocycles. The highest BCUT2D eigenvalue weighted by Gasteiger charge is 2.47. The predicted molar refractivity (Wildman–Crippen MR) is 319 cm³/mol. The van der Waals surface area contributed by atoms with Crippen molar-refractivity contribution in [2.45, 2.75) is 320 Å². The number of amides is 1. The molecular weight excluding hydrogens is 967 g/mol. The Morgan fingerprint density at radius 2 is 0.909 bits per heavy atom. The third kappa shape index (κ3) is 41.7. The fourth-order valence-corrected chi connectivity index (χ4v) is 9.50. The maximum Gasteiger partial charge on any atom is 0.306 e. The minimum absolute atomic E-state index is 0.111. The minimum Gasteiger partial charge on any atom is -0.454 e. The third-order valence-electron chi connectivity index (χ3n) is 14.6. The van der Waals surface area contributed by atoms with Crippen LogP contribution in [0.5, 0.6) is 0 Å². The molecule has 11 nitrogen and oxygen atoms in total. The Kier molecular flexibility index (Phi) is 50.3. The number of carbonyl (C=O) groups excluding carboxylic acids is 2. The normalized spacial score (nSPS) is 19.5. The van der Waals surface area contributed by atoms with Gasteiger partial charge >= 0.3 is 5.97 Å². The molecule has 0 aromatic rings. The number of allylic oxidation sites excluding steroid dienone is 11. The van der Waals surface area contributed by atoms with Crippen molar-refractivity contribution in [1.29, 1.82) is 0 Å². The van der Waals surface area contributed by atoms with Crippen LogP contribution in [0.15, 0.2) is 72.9 Å². The van der Waals surface area contributed by atoms with Gasteiger partial charge in [0.15, 0.2) is 12.4 Å². The molecule has 0 aromatic carbocycles. The Morgan fingerprint density at radius 3 is 1.42 bits per heavy atom. The molecule has 446 valence electrons. The van der Waals surface area contributed by atoms with Gasteiger partial charge in [0.05, 0.1) is 25.4 Å². The summed E-state index contributed by atoms with van der Waals surface area (Å²) in [6.07, 6.45) is 58.0. The van der Waals surface area contributed by atoms with Crippen molar-refractivity contribution in [3.8, 4) is 0 Å². The largest absolute Gasteiger partial charge is 0.454 e.